The van der Waals surface area contributed by atoms with Gasteiger partial charge in [-0.15, -0.1) is 0 Å². The van der Waals surface area contributed by atoms with Gasteiger partial charge in [0, 0.05) is 23.8 Å². The molecule has 1 aromatic heterocycles. The van der Waals surface area contributed by atoms with E-state index in [-0.39, 0.29) is 5.91 Å². The molecule has 104 valence electrons. The van der Waals surface area contributed by atoms with Crippen LogP contribution in [-0.4, -0.2) is 24.0 Å². The Kier molecular flexibility index (Phi) is 5.19. The molecule has 0 unspecified atom stereocenters. The third-order valence-corrected chi connectivity index (χ3v) is 3.61. The molecule has 1 aromatic rings. The van der Waals surface area contributed by atoms with E-state index in [1.807, 2.05) is 6.07 Å². The fourth-order valence-electron chi connectivity index (χ4n) is 1.89. The van der Waals surface area contributed by atoms with E-state index in [2.05, 4.69) is 38.5 Å². The van der Waals surface area contributed by atoms with Gasteiger partial charge in [-0.3, -0.25) is 4.79 Å². The van der Waals surface area contributed by atoms with E-state index in [4.69, 9.17) is 0 Å². The maximum absolute atomic E-state index is 12.2. The van der Waals surface area contributed by atoms with E-state index in [9.17, 15) is 4.79 Å². The van der Waals surface area contributed by atoms with Crippen molar-refractivity contribution in [1.82, 2.24) is 10.3 Å². The van der Waals surface area contributed by atoms with Crippen molar-refractivity contribution in [2.45, 2.75) is 32.6 Å². The average Bonchev–Trinajstić information content (AvgIpc) is 3.21. The van der Waals surface area contributed by atoms with E-state index in [1.54, 1.807) is 6.20 Å². The average molecular weight is 326 g/mol. The van der Waals surface area contributed by atoms with Crippen LogP contribution in [-0.2, 0) is 0 Å². The summed E-state index contributed by atoms with van der Waals surface area (Å²) in [5.41, 5.74) is 0.610. The number of amides is 1. The minimum Gasteiger partial charge on any atom is -0.369 e. The van der Waals surface area contributed by atoms with Crippen LogP contribution in [0.1, 0.15) is 43.0 Å². The van der Waals surface area contributed by atoms with E-state index >= 15 is 0 Å². The Morgan fingerprint density at radius 1 is 1.47 bits per heavy atom. The number of hydrogen-bond acceptors (Lipinski definition) is 3. The molecule has 1 heterocycles. The molecule has 1 saturated carbocycles. The van der Waals surface area contributed by atoms with Crippen LogP contribution in [0.5, 0.6) is 0 Å². The van der Waals surface area contributed by atoms with Crippen molar-refractivity contribution in [3.63, 3.8) is 0 Å². The molecule has 1 amide bonds. The number of rotatable bonds is 7. The number of nitrogens with one attached hydrogen (secondary N) is 2. The van der Waals surface area contributed by atoms with Gasteiger partial charge in [0.1, 0.15) is 5.82 Å². The second-order valence-electron chi connectivity index (χ2n) is 4.96. The summed E-state index contributed by atoms with van der Waals surface area (Å²) in [6.07, 6.45) is 6.43. The first kappa shape index (κ1) is 14.3. The second-order valence-corrected chi connectivity index (χ2v) is 5.88. The zero-order valence-electron chi connectivity index (χ0n) is 11.2. The molecule has 0 aliphatic heterocycles. The zero-order valence-corrected chi connectivity index (χ0v) is 12.8. The molecule has 0 bridgehead atoms. The summed E-state index contributed by atoms with van der Waals surface area (Å²) < 4.78 is 0.821. The number of carbonyl (C=O) groups excluding carboxylic acids is 1. The van der Waals surface area contributed by atoms with Crippen molar-refractivity contribution in [3.8, 4) is 0 Å². The SMILES string of the molecule is CCCNc1ncc(Br)cc1C(=O)NCCC1CC1. The van der Waals surface area contributed by atoms with Gasteiger partial charge in [0.15, 0.2) is 0 Å². The highest BCUT2D eigenvalue weighted by Crippen LogP contribution is 2.31. The van der Waals surface area contributed by atoms with Crippen molar-refractivity contribution < 1.29 is 4.79 Å². The Bertz CT molecular complexity index is 446. The molecule has 2 N–H and O–H groups in total. The largest absolute Gasteiger partial charge is 0.369 e. The fraction of sp³-hybridized carbons (Fsp3) is 0.571. The van der Waals surface area contributed by atoms with E-state index < -0.39 is 0 Å². The van der Waals surface area contributed by atoms with Crippen molar-refractivity contribution in [3.05, 3.63) is 22.3 Å². The summed E-state index contributed by atoms with van der Waals surface area (Å²) in [7, 11) is 0. The molecule has 1 fully saturated rings. The van der Waals surface area contributed by atoms with Crippen LogP contribution in [0.25, 0.3) is 0 Å². The molecule has 1 aliphatic rings. The standard InChI is InChI=1S/C14H20BrN3O/c1-2-6-16-13-12(8-11(15)9-18-13)14(19)17-7-5-10-3-4-10/h8-10H,2-7H2,1H3,(H,16,18)(H,17,19). The third-order valence-electron chi connectivity index (χ3n) is 3.18. The molecular formula is C14H20BrN3O. The van der Waals surface area contributed by atoms with Gasteiger partial charge in [0.05, 0.1) is 5.56 Å². The number of hydrogen-bond donors (Lipinski definition) is 2. The highest BCUT2D eigenvalue weighted by atomic mass is 79.9. The Morgan fingerprint density at radius 3 is 2.95 bits per heavy atom. The van der Waals surface area contributed by atoms with Crippen molar-refractivity contribution >= 4 is 27.7 Å². The number of carbonyl (C=O) groups is 1. The van der Waals surface area contributed by atoms with Gasteiger partial charge >= 0.3 is 0 Å². The lowest BCUT2D eigenvalue weighted by molar-refractivity contribution is 0.0953. The van der Waals surface area contributed by atoms with E-state index in [1.165, 1.54) is 12.8 Å². The fourth-order valence-corrected chi connectivity index (χ4v) is 2.22. The molecule has 1 aliphatic carbocycles. The van der Waals surface area contributed by atoms with Gasteiger partial charge in [-0.05, 0) is 40.8 Å². The summed E-state index contributed by atoms with van der Waals surface area (Å²) >= 11 is 3.36. The van der Waals surface area contributed by atoms with Crippen LogP contribution in [0.2, 0.25) is 0 Å². The molecular weight excluding hydrogens is 306 g/mol. The molecule has 5 heteroatoms. The van der Waals surface area contributed by atoms with Crippen LogP contribution in [0.4, 0.5) is 5.82 Å². The number of pyridine rings is 1. The van der Waals surface area contributed by atoms with Gasteiger partial charge in [-0.25, -0.2) is 4.98 Å². The van der Waals surface area contributed by atoms with Crippen LogP contribution < -0.4 is 10.6 Å². The highest BCUT2D eigenvalue weighted by Gasteiger charge is 2.21. The van der Waals surface area contributed by atoms with Crippen LogP contribution in [0.15, 0.2) is 16.7 Å². The number of nitrogens with zero attached hydrogens (tertiary/aromatic N) is 1. The van der Waals surface area contributed by atoms with E-state index in [0.29, 0.717) is 11.4 Å². The molecule has 2 rings (SSSR count). The number of halogens is 1. The number of aromatic nitrogens is 1. The maximum atomic E-state index is 12.2. The number of anilines is 1. The first-order chi connectivity index (χ1) is 9.20. The summed E-state index contributed by atoms with van der Waals surface area (Å²) in [6, 6.07) is 1.82. The Balaban J connectivity index is 1.97. The normalized spacial score (nSPS) is 14.2. The molecule has 0 spiro atoms. The lowest BCUT2D eigenvalue weighted by Crippen LogP contribution is -2.26. The predicted molar refractivity (Wildman–Crippen MR) is 80.4 cm³/mol. The molecule has 0 aromatic carbocycles. The Hall–Kier alpha value is -1.10. The maximum Gasteiger partial charge on any atom is 0.255 e. The monoisotopic (exact) mass is 325 g/mol. The summed E-state index contributed by atoms with van der Waals surface area (Å²) in [5.74, 6) is 1.45. The topological polar surface area (TPSA) is 54.0 Å². The van der Waals surface area contributed by atoms with Gasteiger partial charge in [0.25, 0.3) is 5.91 Å². The quantitative estimate of drug-likeness (QED) is 0.809. The molecule has 19 heavy (non-hydrogen) atoms. The molecule has 4 nitrogen and oxygen atoms in total. The zero-order chi connectivity index (χ0) is 13.7. The predicted octanol–water partition coefficient (Wildman–Crippen LogP) is 3.20. The van der Waals surface area contributed by atoms with Crippen molar-refractivity contribution in [2.24, 2.45) is 5.92 Å². The highest BCUT2D eigenvalue weighted by molar-refractivity contribution is 9.10. The summed E-state index contributed by atoms with van der Waals surface area (Å²) in [5, 5.41) is 6.16. The van der Waals surface area contributed by atoms with Gasteiger partial charge < -0.3 is 10.6 Å². The van der Waals surface area contributed by atoms with Crippen LogP contribution in [0, 0.1) is 5.92 Å². The minimum absolute atomic E-state index is 0.0481. The van der Waals surface area contributed by atoms with Crippen molar-refractivity contribution in [1.29, 1.82) is 0 Å². The van der Waals surface area contributed by atoms with Crippen molar-refractivity contribution in [2.75, 3.05) is 18.4 Å². The van der Waals surface area contributed by atoms with Crippen LogP contribution in [0.3, 0.4) is 0 Å². The smallest absolute Gasteiger partial charge is 0.255 e. The lowest BCUT2D eigenvalue weighted by atomic mass is 10.2. The first-order valence-corrected chi connectivity index (χ1v) is 7.67. The minimum atomic E-state index is -0.0481. The Labute approximate surface area is 122 Å². The van der Waals surface area contributed by atoms with Gasteiger partial charge in [-0.2, -0.15) is 0 Å². The van der Waals surface area contributed by atoms with Crippen LogP contribution >= 0.6 is 15.9 Å². The summed E-state index contributed by atoms with van der Waals surface area (Å²) in [6.45, 7) is 3.65. The van der Waals surface area contributed by atoms with E-state index in [0.717, 1.165) is 36.3 Å². The summed E-state index contributed by atoms with van der Waals surface area (Å²) in [4.78, 5) is 16.4. The third kappa shape index (κ3) is 4.49. The lowest BCUT2D eigenvalue weighted by Gasteiger charge is -2.11. The molecule has 0 atom stereocenters. The Morgan fingerprint density at radius 2 is 2.26 bits per heavy atom. The molecule has 0 saturated heterocycles. The first-order valence-electron chi connectivity index (χ1n) is 6.88. The van der Waals surface area contributed by atoms with Gasteiger partial charge in [-0.1, -0.05) is 19.8 Å². The second kappa shape index (κ2) is 6.89. The van der Waals surface area contributed by atoms with Gasteiger partial charge in [0.2, 0.25) is 0 Å². The molecule has 0 radical (unpaired) electrons.